The summed E-state index contributed by atoms with van der Waals surface area (Å²) < 4.78 is 0.756. The maximum Gasteiger partial charge on any atom is 0.255 e. The van der Waals surface area contributed by atoms with Gasteiger partial charge in [-0.05, 0) is 40.2 Å². The number of anilines is 1. The van der Waals surface area contributed by atoms with Gasteiger partial charge in [0.25, 0.3) is 5.91 Å². The fourth-order valence-corrected chi connectivity index (χ4v) is 2.33. The van der Waals surface area contributed by atoms with Gasteiger partial charge in [0, 0.05) is 15.4 Å². The number of carbonyl (C=O) groups is 1. The van der Waals surface area contributed by atoms with Crippen molar-refractivity contribution in [2.45, 2.75) is 0 Å². The van der Waals surface area contributed by atoms with Crippen LogP contribution in [0, 0.1) is 0 Å². The smallest absolute Gasteiger partial charge is 0.255 e. The monoisotopic (exact) mass is 349 g/mol. The van der Waals surface area contributed by atoms with Crippen LogP contribution < -0.4 is 5.32 Å². The van der Waals surface area contributed by atoms with Gasteiger partial charge in [-0.3, -0.25) is 9.89 Å². The number of para-hydroxylation sites is 1. The van der Waals surface area contributed by atoms with E-state index in [1.54, 1.807) is 24.4 Å². The molecule has 100 valence electrons. The van der Waals surface area contributed by atoms with Crippen LogP contribution in [0.25, 0.3) is 10.9 Å². The number of carbonyl (C=O) groups excluding carboxylic acids is 1. The van der Waals surface area contributed by atoms with Crippen molar-refractivity contribution < 1.29 is 4.79 Å². The highest BCUT2D eigenvalue weighted by molar-refractivity contribution is 9.10. The second-order valence-corrected chi connectivity index (χ2v) is 5.48. The summed E-state index contributed by atoms with van der Waals surface area (Å²) in [6, 6.07) is 10.7. The van der Waals surface area contributed by atoms with Crippen LogP contribution in [0.2, 0.25) is 5.02 Å². The van der Waals surface area contributed by atoms with E-state index < -0.39 is 0 Å². The summed E-state index contributed by atoms with van der Waals surface area (Å²) in [5.41, 5.74) is 1.97. The van der Waals surface area contributed by atoms with E-state index in [2.05, 4.69) is 31.4 Å². The molecule has 0 unspecified atom stereocenters. The van der Waals surface area contributed by atoms with Crippen LogP contribution in [-0.4, -0.2) is 16.1 Å². The highest BCUT2D eigenvalue weighted by Gasteiger charge is 2.10. The standard InChI is InChI=1S/C14H9BrClN3O/c15-10-5-4-8(6-11(10)16)14(20)18-12-3-1-2-9-7-17-19-13(9)12/h1-7H,(H,17,19)(H,18,20). The number of amides is 1. The van der Waals surface area contributed by atoms with Crippen molar-refractivity contribution in [2.24, 2.45) is 0 Å². The SMILES string of the molecule is O=C(Nc1cccc2cn[nH]c12)c1ccc(Br)c(Cl)c1. The average molecular weight is 351 g/mol. The van der Waals surface area contributed by atoms with Crippen molar-refractivity contribution in [2.75, 3.05) is 5.32 Å². The Balaban J connectivity index is 1.92. The molecular formula is C14H9BrClN3O. The molecular weight excluding hydrogens is 342 g/mol. The van der Waals surface area contributed by atoms with E-state index >= 15 is 0 Å². The Morgan fingerprint density at radius 1 is 1.30 bits per heavy atom. The fourth-order valence-electron chi connectivity index (χ4n) is 1.90. The van der Waals surface area contributed by atoms with Gasteiger partial charge >= 0.3 is 0 Å². The van der Waals surface area contributed by atoms with Crippen molar-refractivity contribution in [1.29, 1.82) is 0 Å². The Hall–Kier alpha value is -1.85. The molecule has 4 nitrogen and oxygen atoms in total. The molecule has 0 bridgehead atoms. The number of H-pyrrole nitrogens is 1. The Morgan fingerprint density at radius 2 is 2.15 bits per heavy atom. The van der Waals surface area contributed by atoms with Crippen LogP contribution in [0.5, 0.6) is 0 Å². The molecule has 0 atom stereocenters. The topological polar surface area (TPSA) is 57.8 Å². The van der Waals surface area contributed by atoms with E-state index in [1.165, 1.54) is 0 Å². The first-order valence-corrected chi connectivity index (χ1v) is 7.01. The van der Waals surface area contributed by atoms with Crippen molar-refractivity contribution in [3.05, 3.63) is 57.7 Å². The highest BCUT2D eigenvalue weighted by atomic mass is 79.9. The average Bonchev–Trinajstić information content (AvgIpc) is 2.91. The third kappa shape index (κ3) is 2.42. The van der Waals surface area contributed by atoms with Gasteiger partial charge in [0.1, 0.15) is 0 Å². The quantitative estimate of drug-likeness (QED) is 0.726. The van der Waals surface area contributed by atoms with Crippen molar-refractivity contribution in [1.82, 2.24) is 10.2 Å². The van der Waals surface area contributed by atoms with E-state index in [1.807, 2.05) is 18.2 Å². The molecule has 0 aliphatic carbocycles. The second-order valence-electron chi connectivity index (χ2n) is 4.22. The molecule has 0 spiro atoms. The summed E-state index contributed by atoms with van der Waals surface area (Å²) in [6.45, 7) is 0. The van der Waals surface area contributed by atoms with Crippen molar-refractivity contribution in [3.63, 3.8) is 0 Å². The summed E-state index contributed by atoms with van der Waals surface area (Å²) in [5.74, 6) is -0.221. The molecule has 6 heteroatoms. The predicted molar refractivity (Wildman–Crippen MR) is 83.2 cm³/mol. The first kappa shape index (κ1) is 13.1. The van der Waals surface area contributed by atoms with Gasteiger partial charge in [0.15, 0.2) is 0 Å². The third-order valence-electron chi connectivity index (χ3n) is 2.91. The maximum atomic E-state index is 12.2. The van der Waals surface area contributed by atoms with Crippen LogP contribution in [0.1, 0.15) is 10.4 Å². The Labute approximate surface area is 128 Å². The number of fused-ring (bicyclic) bond motifs is 1. The lowest BCUT2D eigenvalue weighted by Gasteiger charge is -2.07. The van der Waals surface area contributed by atoms with Crippen LogP contribution in [0.4, 0.5) is 5.69 Å². The molecule has 0 saturated carbocycles. The van der Waals surface area contributed by atoms with Gasteiger partial charge in [-0.1, -0.05) is 23.7 Å². The minimum atomic E-state index is -0.221. The normalized spacial score (nSPS) is 10.7. The van der Waals surface area contributed by atoms with Gasteiger partial charge in [0.05, 0.1) is 22.4 Å². The number of halogens is 2. The predicted octanol–water partition coefficient (Wildman–Crippen LogP) is 4.23. The molecule has 3 rings (SSSR count). The van der Waals surface area contributed by atoms with E-state index in [4.69, 9.17) is 11.6 Å². The molecule has 2 aromatic carbocycles. The molecule has 0 radical (unpaired) electrons. The number of rotatable bonds is 2. The van der Waals surface area contributed by atoms with Crippen LogP contribution in [-0.2, 0) is 0 Å². The zero-order chi connectivity index (χ0) is 14.1. The van der Waals surface area contributed by atoms with Crippen LogP contribution >= 0.6 is 27.5 Å². The largest absolute Gasteiger partial charge is 0.320 e. The zero-order valence-electron chi connectivity index (χ0n) is 10.2. The Kier molecular flexibility index (Phi) is 3.46. The van der Waals surface area contributed by atoms with E-state index in [0.29, 0.717) is 16.3 Å². The number of aromatic amines is 1. The molecule has 1 aromatic heterocycles. The first-order chi connectivity index (χ1) is 9.65. The van der Waals surface area contributed by atoms with E-state index in [9.17, 15) is 4.79 Å². The summed E-state index contributed by atoms with van der Waals surface area (Å²) in [4.78, 5) is 12.2. The number of hydrogen-bond acceptors (Lipinski definition) is 2. The maximum absolute atomic E-state index is 12.2. The summed E-state index contributed by atoms with van der Waals surface area (Å²) in [6.07, 6.45) is 1.71. The van der Waals surface area contributed by atoms with Crippen LogP contribution in [0.15, 0.2) is 47.1 Å². The minimum Gasteiger partial charge on any atom is -0.320 e. The minimum absolute atomic E-state index is 0.221. The molecule has 1 heterocycles. The first-order valence-electron chi connectivity index (χ1n) is 5.83. The van der Waals surface area contributed by atoms with Gasteiger partial charge in [0.2, 0.25) is 0 Å². The Morgan fingerprint density at radius 3 is 2.95 bits per heavy atom. The molecule has 20 heavy (non-hydrogen) atoms. The third-order valence-corrected chi connectivity index (χ3v) is 4.14. The van der Waals surface area contributed by atoms with Crippen molar-refractivity contribution in [3.8, 4) is 0 Å². The second kappa shape index (κ2) is 5.26. The number of benzene rings is 2. The number of hydrogen-bond donors (Lipinski definition) is 2. The van der Waals surface area contributed by atoms with Gasteiger partial charge in [-0.15, -0.1) is 0 Å². The molecule has 0 fully saturated rings. The van der Waals surface area contributed by atoms with Gasteiger partial charge in [-0.25, -0.2) is 0 Å². The molecule has 0 aliphatic heterocycles. The zero-order valence-corrected chi connectivity index (χ0v) is 12.5. The van der Waals surface area contributed by atoms with E-state index in [-0.39, 0.29) is 5.91 Å². The Bertz CT molecular complexity index is 800. The molecule has 3 aromatic rings. The summed E-state index contributed by atoms with van der Waals surface area (Å²) >= 11 is 9.29. The lowest BCUT2D eigenvalue weighted by molar-refractivity contribution is 0.102. The fraction of sp³-hybridized carbons (Fsp3) is 0. The van der Waals surface area contributed by atoms with E-state index in [0.717, 1.165) is 15.4 Å². The summed E-state index contributed by atoms with van der Waals surface area (Å²) in [7, 11) is 0. The molecule has 2 N–H and O–H groups in total. The van der Waals surface area contributed by atoms with Crippen molar-refractivity contribution >= 4 is 50.0 Å². The molecule has 0 aliphatic rings. The lowest BCUT2D eigenvalue weighted by atomic mass is 10.2. The molecule has 0 saturated heterocycles. The number of nitrogens with one attached hydrogen (secondary N) is 2. The number of nitrogens with zero attached hydrogens (tertiary/aromatic N) is 1. The molecule has 1 amide bonds. The lowest BCUT2D eigenvalue weighted by Crippen LogP contribution is -2.12. The van der Waals surface area contributed by atoms with Crippen LogP contribution in [0.3, 0.4) is 0 Å². The van der Waals surface area contributed by atoms with Gasteiger partial charge in [-0.2, -0.15) is 5.10 Å². The summed E-state index contributed by atoms with van der Waals surface area (Å²) in [5, 5.41) is 11.1. The number of aromatic nitrogens is 2. The van der Waals surface area contributed by atoms with Gasteiger partial charge < -0.3 is 5.32 Å². The highest BCUT2D eigenvalue weighted by Crippen LogP contribution is 2.25.